The van der Waals surface area contributed by atoms with Gasteiger partial charge in [0.25, 0.3) is 0 Å². The van der Waals surface area contributed by atoms with Crippen molar-refractivity contribution in [2.45, 2.75) is 19.3 Å². The van der Waals surface area contributed by atoms with Crippen LogP contribution in [-0.2, 0) is 6.42 Å². The Hall–Kier alpha value is -2.55. The number of allylic oxidation sites excluding steroid dienone is 2. The number of pyridine rings is 1. The zero-order valence-electron chi connectivity index (χ0n) is 12.8. The fraction of sp³-hybridized carbons (Fsp3) is 0.211. The average Bonchev–Trinajstić information content (AvgIpc) is 3.04. The molecule has 0 spiro atoms. The first kappa shape index (κ1) is 14.4. The van der Waals surface area contributed by atoms with E-state index >= 15 is 0 Å². The second kappa shape index (κ2) is 6.48. The molecule has 0 saturated carbocycles. The summed E-state index contributed by atoms with van der Waals surface area (Å²) in [6, 6.07) is 12.4. The van der Waals surface area contributed by atoms with Gasteiger partial charge in [-0.1, -0.05) is 36.9 Å². The van der Waals surface area contributed by atoms with Crippen molar-refractivity contribution in [3.63, 3.8) is 0 Å². The summed E-state index contributed by atoms with van der Waals surface area (Å²) in [5.74, 6) is 1.01. The van der Waals surface area contributed by atoms with Crippen LogP contribution in [0.5, 0.6) is 5.75 Å². The van der Waals surface area contributed by atoms with E-state index in [1.54, 1.807) is 6.20 Å². The average molecular weight is 292 g/mol. The number of aromatic nitrogens is 1. The topological polar surface area (TPSA) is 34.2 Å². The highest BCUT2D eigenvalue weighted by molar-refractivity contribution is 5.51. The molecule has 0 saturated heterocycles. The van der Waals surface area contributed by atoms with E-state index < -0.39 is 0 Å². The standard InChI is InChI=1S/C19H20N2O/c1-3-16(20-4-2)18(17-10-5-6-12-21-17)15-9-7-8-14-11-13-22-19(14)15/h3-10,12,18,20H,2,11,13H2,1H3/b16-3-. The summed E-state index contributed by atoms with van der Waals surface area (Å²) in [4.78, 5) is 4.56. The van der Waals surface area contributed by atoms with Gasteiger partial charge in [0.1, 0.15) is 5.75 Å². The molecule has 1 unspecified atom stereocenters. The van der Waals surface area contributed by atoms with Crippen LogP contribution < -0.4 is 10.1 Å². The Kier molecular flexibility index (Phi) is 4.24. The quantitative estimate of drug-likeness (QED) is 0.910. The van der Waals surface area contributed by atoms with Crippen molar-refractivity contribution in [3.8, 4) is 5.75 Å². The van der Waals surface area contributed by atoms with Gasteiger partial charge in [-0.05, 0) is 30.8 Å². The second-order valence-corrected chi connectivity index (χ2v) is 5.21. The Balaban J connectivity index is 2.14. The van der Waals surface area contributed by atoms with Crippen molar-refractivity contribution >= 4 is 0 Å². The van der Waals surface area contributed by atoms with Crippen LogP contribution in [0.4, 0.5) is 0 Å². The number of ether oxygens (including phenoxy) is 1. The molecule has 0 amide bonds. The summed E-state index contributed by atoms with van der Waals surface area (Å²) < 4.78 is 5.90. The molecule has 2 aromatic rings. The Morgan fingerprint density at radius 3 is 2.95 bits per heavy atom. The summed E-state index contributed by atoms with van der Waals surface area (Å²) in [7, 11) is 0. The molecule has 3 heteroatoms. The number of para-hydroxylation sites is 1. The lowest BCUT2D eigenvalue weighted by Crippen LogP contribution is -2.17. The van der Waals surface area contributed by atoms with E-state index in [9.17, 15) is 0 Å². The van der Waals surface area contributed by atoms with Crippen molar-refractivity contribution in [2.24, 2.45) is 0 Å². The van der Waals surface area contributed by atoms with Crippen LogP contribution in [0.2, 0.25) is 0 Å². The van der Waals surface area contributed by atoms with Crippen LogP contribution in [-0.4, -0.2) is 11.6 Å². The van der Waals surface area contributed by atoms with E-state index in [-0.39, 0.29) is 5.92 Å². The molecule has 1 aromatic heterocycles. The molecule has 0 aliphatic carbocycles. The Labute approximate surface area is 131 Å². The molecule has 1 aliphatic rings. The van der Waals surface area contributed by atoms with E-state index in [2.05, 4.69) is 41.2 Å². The maximum atomic E-state index is 5.90. The van der Waals surface area contributed by atoms with Crippen molar-refractivity contribution in [2.75, 3.05) is 6.61 Å². The zero-order chi connectivity index (χ0) is 15.4. The Morgan fingerprint density at radius 2 is 2.23 bits per heavy atom. The van der Waals surface area contributed by atoms with E-state index in [1.807, 2.05) is 31.3 Å². The fourth-order valence-corrected chi connectivity index (χ4v) is 2.95. The molecule has 0 fully saturated rings. The normalized spacial score (nSPS) is 14.9. The van der Waals surface area contributed by atoms with E-state index in [0.29, 0.717) is 0 Å². The van der Waals surface area contributed by atoms with Gasteiger partial charge in [0.15, 0.2) is 0 Å². The molecule has 3 nitrogen and oxygen atoms in total. The summed E-state index contributed by atoms with van der Waals surface area (Å²) in [5.41, 5.74) is 4.47. The highest BCUT2D eigenvalue weighted by atomic mass is 16.5. The number of hydrogen-bond donors (Lipinski definition) is 1. The smallest absolute Gasteiger partial charge is 0.126 e. The molecule has 1 atom stereocenters. The highest BCUT2D eigenvalue weighted by Crippen LogP contribution is 2.39. The van der Waals surface area contributed by atoms with Crippen molar-refractivity contribution in [3.05, 3.63) is 84.0 Å². The third-order valence-corrected chi connectivity index (χ3v) is 3.93. The predicted octanol–water partition coefficient (Wildman–Crippen LogP) is 3.79. The van der Waals surface area contributed by atoms with Gasteiger partial charge in [-0.15, -0.1) is 0 Å². The summed E-state index contributed by atoms with van der Waals surface area (Å²) >= 11 is 0. The van der Waals surface area contributed by atoms with E-state index in [0.717, 1.165) is 35.7 Å². The monoisotopic (exact) mass is 292 g/mol. The molecule has 0 radical (unpaired) electrons. The Morgan fingerprint density at radius 1 is 1.32 bits per heavy atom. The van der Waals surface area contributed by atoms with Gasteiger partial charge in [-0.2, -0.15) is 0 Å². The van der Waals surface area contributed by atoms with Crippen molar-refractivity contribution in [1.82, 2.24) is 10.3 Å². The van der Waals surface area contributed by atoms with Crippen molar-refractivity contribution < 1.29 is 4.74 Å². The minimum atomic E-state index is 0.0113. The highest BCUT2D eigenvalue weighted by Gasteiger charge is 2.26. The van der Waals surface area contributed by atoms with Gasteiger partial charge in [0.05, 0.1) is 18.2 Å². The van der Waals surface area contributed by atoms with Crippen LogP contribution in [0.1, 0.15) is 29.7 Å². The van der Waals surface area contributed by atoms with Gasteiger partial charge in [-0.3, -0.25) is 4.98 Å². The fourth-order valence-electron chi connectivity index (χ4n) is 2.95. The van der Waals surface area contributed by atoms with Crippen molar-refractivity contribution in [1.29, 1.82) is 0 Å². The summed E-state index contributed by atoms with van der Waals surface area (Å²) in [6.07, 6.45) is 6.57. The molecule has 112 valence electrons. The number of fused-ring (bicyclic) bond motifs is 1. The van der Waals surface area contributed by atoms with Crippen LogP contribution in [0.15, 0.2) is 67.1 Å². The lowest BCUT2D eigenvalue weighted by atomic mass is 9.89. The summed E-state index contributed by atoms with van der Waals surface area (Å²) in [5, 5.41) is 3.25. The third kappa shape index (κ3) is 2.62. The maximum absolute atomic E-state index is 5.90. The van der Waals surface area contributed by atoms with Crippen LogP contribution in [0.25, 0.3) is 0 Å². The number of nitrogens with zero attached hydrogens (tertiary/aromatic N) is 1. The zero-order valence-corrected chi connectivity index (χ0v) is 12.8. The number of benzene rings is 1. The molecule has 1 aliphatic heterocycles. The Bertz CT molecular complexity index is 692. The van der Waals surface area contributed by atoms with Crippen LogP contribution in [0, 0.1) is 0 Å². The molecule has 2 heterocycles. The molecule has 1 aromatic carbocycles. The minimum Gasteiger partial charge on any atom is -0.493 e. The molecule has 3 rings (SSSR count). The molecule has 22 heavy (non-hydrogen) atoms. The lowest BCUT2D eigenvalue weighted by Gasteiger charge is -2.22. The second-order valence-electron chi connectivity index (χ2n) is 5.21. The van der Waals surface area contributed by atoms with Gasteiger partial charge in [0, 0.05) is 23.9 Å². The first-order chi connectivity index (χ1) is 10.8. The van der Waals surface area contributed by atoms with Gasteiger partial charge >= 0.3 is 0 Å². The first-order valence-corrected chi connectivity index (χ1v) is 7.54. The first-order valence-electron chi connectivity index (χ1n) is 7.54. The van der Waals surface area contributed by atoms with Gasteiger partial charge in [-0.25, -0.2) is 0 Å². The predicted molar refractivity (Wildman–Crippen MR) is 88.8 cm³/mol. The number of hydrogen-bond acceptors (Lipinski definition) is 3. The third-order valence-electron chi connectivity index (χ3n) is 3.93. The maximum Gasteiger partial charge on any atom is 0.126 e. The minimum absolute atomic E-state index is 0.0113. The van der Waals surface area contributed by atoms with Gasteiger partial charge < -0.3 is 10.1 Å². The molecule has 0 bridgehead atoms. The summed E-state index contributed by atoms with van der Waals surface area (Å²) in [6.45, 7) is 6.56. The van der Waals surface area contributed by atoms with Crippen LogP contribution in [0.3, 0.4) is 0 Å². The molecular weight excluding hydrogens is 272 g/mol. The SMILES string of the molecule is C=CN/C(=C\C)C(c1ccccn1)c1cccc2c1OCC2. The largest absolute Gasteiger partial charge is 0.493 e. The van der Waals surface area contributed by atoms with Gasteiger partial charge in [0.2, 0.25) is 0 Å². The van der Waals surface area contributed by atoms with Crippen LogP contribution >= 0.6 is 0 Å². The van der Waals surface area contributed by atoms with E-state index in [4.69, 9.17) is 4.74 Å². The lowest BCUT2D eigenvalue weighted by molar-refractivity contribution is 0.352. The molecular formula is C19H20N2O. The number of nitrogens with one attached hydrogen (secondary N) is 1. The van der Waals surface area contributed by atoms with E-state index in [1.165, 1.54) is 5.56 Å². The number of rotatable bonds is 5. The molecule has 1 N–H and O–H groups in total.